The number of H-pyrrole nitrogens is 1. The fourth-order valence-corrected chi connectivity index (χ4v) is 4.03. The highest BCUT2D eigenvalue weighted by atomic mass is 32.2. The summed E-state index contributed by atoms with van der Waals surface area (Å²) in [5.74, 6) is -0.630. The van der Waals surface area contributed by atoms with E-state index in [0.717, 1.165) is 11.8 Å². The Labute approximate surface area is 152 Å². The van der Waals surface area contributed by atoms with Gasteiger partial charge in [-0.3, -0.25) is 4.79 Å². The molecule has 0 bridgehead atoms. The van der Waals surface area contributed by atoms with Crippen LogP contribution in [0, 0.1) is 0 Å². The maximum atomic E-state index is 13.1. The smallest absolute Gasteiger partial charge is 0.309 e. The molecule has 0 amide bonds. The van der Waals surface area contributed by atoms with Gasteiger partial charge in [-0.2, -0.15) is 13.2 Å². The number of aromatic amines is 1. The minimum Gasteiger partial charge on any atom is -0.309 e. The Morgan fingerprint density at radius 1 is 1.08 bits per heavy atom. The number of fused-ring (bicyclic) bond motifs is 2. The standard InChI is InChI=1S/C16H9F3N4OS2/c17-16(18,19)15-21-9-4-2-1-3-8(9)14(23-15)26-7-11-20-10-5-6-25-12(10)13(24)22-11/h1-6H,7H2,(H,20,22,24). The molecule has 0 fully saturated rings. The summed E-state index contributed by atoms with van der Waals surface area (Å²) < 4.78 is 39.7. The van der Waals surface area contributed by atoms with Gasteiger partial charge in [0.25, 0.3) is 5.56 Å². The van der Waals surface area contributed by atoms with E-state index in [9.17, 15) is 18.0 Å². The molecule has 0 aliphatic carbocycles. The van der Waals surface area contributed by atoms with Crippen molar-refractivity contribution in [3.05, 3.63) is 57.7 Å². The Kier molecular flexibility index (Phi) is 4.16. The molecule has 0 saturated heterocycles. The molecule has 0 unspecified atom stereocenters. The molecule has 10 heteroatoms. The largest absolute Gasteiger partial charge is 0.451 e. The van der Waals surface area contributed by atoms with Crippen LogP contribution in [0.25, 0.3) is 21.1 Å². The van der Waals surface area contributed by atoms with Crippen molar-refractivity contribution in [2.75, 3.05) is 0 Å². The summed E-state index contributed by atoms with van der Waals surface area (Å²) in [4.78, 5) is 26.2. The molecule has 4 rings (SSSR count). The first-order chi connectivity index (χ1) is 12.4. The number of alkyl halides is 3. The predicted molar refractivity (Wildman–Crippen MR) is 94.3 cm³/mol. The first kappa shape index (κ1) is 17.0. The van der Waals surface area contributed by atoms with Crippen LogP contribution in [0.1, 0.15) is 11.6 Å². The second kappa shape index (κ2) is 6.36. The maximum Gasteiger partial charge on any atom is 0.451 e. The molecule has 0 aliphatic rings. The summed E-state index contributed by atoms with van der Waals surface area (Å²) in [6.45, 7) is 0. The molecular formula is C16H9F3N4OS2. The summed E-state index contributed by atoms with van der Waals surface area (Å²) in [6.07, 6.45) is -4.64. The number of thioether (sulfide) groups is 1. The fourth-order valence-electron chi connectivity index (χ4n) is 2.41. The van der Waals surface area contributed by atoms with E-state index in [2.05, 4.69) is 19.9 Å². The summed E-state index contributed by atoms with van der Waals surface area (Å²) in [6, 6.07) is 8.23. The van der Waals surface area contributed by atoms with Gasteiger partial charge in [0.15, 0.2) is 0 Å². The first-order valence-electron chi connectivity index (χ1n) is 7.35. The van der Waals surface area contributed by atoms with Gasteiger partial charge in [-0.25, -0.2) is 15.0 Å². The van der Waals surface area contributed by atoms with Crippen LogP contribution in [0.5, 0.6) is 0 Å². The Hall–Kier alpha value is -2.46. The summed E-state index contributed by atoms with van der Waals surface area (Å²) in [5.41, 5.74) is 0.522. The molecule has 0 saturated carbocycles. The maximum absolute atomic E-state index is 13.1. The number of thiophene rings is 1. The summed E-state index contributed by atoms with van der Waals surface area (Å²) in [5, 5.41) is 2.47. The zero-order chi connectivity index (χ0) is 18.3. The van der Waals surface area contributed by atoms with Crippen molar-refractivity contribution in [2.45, 2.75) is 17.0 Å². The minimum absolute atomic E-state index is 0.180. The first-order valence-corrected chi connectivity index (χ1v) is 9.21. The van der Waals surface area contributed by atoms with Gasteiger partial charge >= 0.3 is 6.18 Å². The zero-order valence-corrected chi connectivity index (χ0v) is 14.5. The second-order valence-corrected chi connectivity index (χ2v) is 7.18. The highest BCUT2D eigenvalue weighted by Crippen LogP contribution is 2.32. The monoisotopic (exact) mass is 394 g/mol. The lowest BCUT2D eigenvalue weighted by molar-refractivity contribution is -0.145. The van der Waals surface area contributed by atoms with Crippen LogP contribution in [0.2, 0.25) is 0 Å². The third kappa shape index (κ3) is 3.17. The number of hydrogen-bond acceptors (Lipinski definition) is 6. The van der Waals surface area contributed by atoms with Crippen molar-refractivity contribution in [3.63, 3.8) is 0 Å². The van der Waals surface area contributed by atoms with Crippen LogP contribution in [-0.2, 0) is 11.9 Å². The van der Waals surface area contributed by atoms with Gasteiger partial charge in [0.2, 0.25) is 5.82 Å². The normalized spacial score (nSPS) is 12.1. The molecule has 132 valence electrons. The van der Waals surface area contributed by atoms with E-state index < -0.39 is 12.0 Å². The molecule has 0 spiro atoms. The van der Waals surface area contributed by atoms with Gasteiger partial charge in [0.05, 0.1) is 16.8 Å². The molecule has 0 radical (unpaired) electrons. The number of halogens is 3. The van der Waals surface area contributed by atoms with Crippen molar-refractivity contribution in [2.24, 2.45) is 0 Å². The van der Waals surface area contributed by atoms with Crippen LogP contribution in [0.15, 0.2) is 45.5 Å². The summed E-state index contributed by atoms with van der Waals surface area (Å²) in [7, 11) is 0. The van der Waals surface area contributed by atoms with Crippen LogP contribution < -0.4 is 5.56 Å². The number of nitrogens with one attached hydrogen (secondary N) is 1. The van der Waals surface area contributed by atoms with Gasteiger partial charge in [-0.15, -0.1) is 11.3 Å². The lowest BCUT2D eigenvalue weighted by Gasteiger charge is -2.10. The third-order valence-electron chi connectivity index (χ3n) is 3.53. The lowest BCUT2D eigenvalue weighted by Crippen LogP contribution is -2.12. The number of rotatable bonds is 3. The summed E-state index contributed by atoms with van der Waals surface area (Å²) >= 11 is 2.36. The predicted octanol–water partition coefficient (Wildman–Crippen LogP) is 4.24. The van der Waals surface area contributed by atoms with Gasteiger partial charge in [-0.05, 0) is 17.5 Å². The molecule has 5 nitrogen and oxygen atoms in total. The number of benzene rings is 1. The molecule has 3 aromatic heterocycles. The van der Waals surface area contributed by atoms with Gasteiger partial charge in [-0.1, -0.05) is 30.0 Å². The molecule has 1 N–H and O–H groups in total. The van der Waals surface area contributed by atoms with E-state index in [1.165, 1.54) is 17.4 Å². The van der Waals surface area contributed by atoms with E-state index in [4.69, 9.17) is 0 Å². The second-order valence-electron chi connectivity index (χ2n) is 5.30. The van der Waals surface area contributed by atoms with Crippen LogP contribution in [0.3, 0.4) is 0 Å². The third-order valence-corrected chi connectivity index (χ3v) is 5.44. The van der Waals surface area contributed by atoms with Gasteiger partial charge < -0.3 is 4.98 Å². The fraction of sp³-hybridized carbons (Fsp3) is 0.125. The molecule has 1 aromatic carbocycles. The molecule has 0 aliphatic heterocycles. The topological polar surface area (TPSA) is 71.5 Å². The SMILES string of the molecule is O=c1[nH]c(CSc2nc(C(F)(F)F)nc3ccccc23)nc2ccsc12. The molecule has 3 heterocycles. The number of para-hydroxylation sites is 1. The molecule has 26 heavy (non-hydrogen) atoms. The highest BCUT2D eigenvalue weighted by Gasteiger charge is 2.35. The number of hydrogen-bond donors (Lipinski definition) is 1. The molecule has 0 atom stereocenters. The van der Waals surface area contributed by atoms with E-state index >= 15 is 0 Å². The van der Waals surface area contributed by atoms with Crippen LogP contribution in [0.4, 0.5) is 13.2 Å². The van der Waals surface area contributed by atoms with Gasteiger partial charge in [0.1, 0.15) is 15.6 Å². The zero-order valence-electron chi connectivity index (χ0n) is 12.9. The highest BCUT2D eigenvalue weighted by molar-refractivity contribution is 7.98. The van der Waals surface area contributed by atoms with Gasteiger partial charge in [0, 0.05) is 5.39 Å². The van der Waals surface area contributed by atoms with Crippen molar-refractivity contribution in [1.82, 2.24) is 19.9 Å². The Morgan fingerprint density at radius 2 is 1.88 bits per heavy atom. The van der Waals surface area contributed by atoms with E-state index in [1.807, 2.05) is 0 Å². The number of nitrogens with zero attached hydrogens (tertiary/aromatic N) is 3. The van der Waals surface area contributed by atoms with Crippen LogP contribution in [-0.4, -0.2) is 19.9 Å². The Bertz CT molecular complexity index is 1170. The van der Waals surface area contributed by atoms with Crippen LogP contribution >= 0.6 is 23.1 Å². The van der Waals surface area contributed by atoms with Crippen molar-refractivity contribution < 1.29 is 13.2 Å². The molecular weight excluding hydrogens is 385 g/mol. The minimum atomic E-state index is -4.64. The van der Waals surface area contributed by atoms with Crippen molar-refractivity contribution in [1.29, 1.82) is 0 Å². The Morgan fingerprint density at radius 3 is 2.69 bits per heavy atom. The van der Waals surface area contributed by atoms with E-state index in [1.54, 1.807) is 29.6 Å². The number of aromatic nitrogens is 4. The van der Waals surface area contributed by atoms with Crippen molar-refractivity contribution in [3.8, 4) is 0 Å². The lowest BCUT2D eigenvalue weighted by atomic mass is 10.2. The van der Waals surface area contributed by atoms with Crippen molar-refractivity contribution >= 4 is 44.2 Å². The van der Waals surface area contributed by atoms with E-state index in [0.29, 0.717) is 21.4 Å². The molecule has 4 aromatic rings. The average molecular weight is 394 g/mol. The average Bonchev–Trinajstić information content (AvgIpc) is 3.08. The Balaban J connectivity index is 1.72. The van der Waals surface area contributed by atoms with E-state index in [-0.39, 0.29) is 21.9 Å². The quantitative estimate of drug-likeness (QED) is 0.416.